The van der Waals surface area contributed by atoms with Gasteiger partial charge in [-0.3, -0.25) is 0 Å². The molecule has 0 bridgehead atoms. The minimum atomic E-state index is -3.29. The van der Waals surface area contributed by atoms with Crippen LogP contribution in [0.4, 0.5) is 0 Å². The Morgan fingerprint density at radius 3 is 0.556 bits per heavy atom. The second kappa shape index (κ2) is 12.5. The molecule has 0 heterocycles. The summed E-state index contributed by atoms with van der Waals surface area (Å²) in [6.45, 7) is 0. The van der Waals surface area contributed by atoms with Gasteiger partial charge in [-0.2, -0.15) is 0 Å². The van der Waals surface area contributed by atoms with Crippen LogP contribution >= 0.6 is 35.7 Å². The molecule has 0 aliphatic rings. The summed E-state index contributed by atoms with van der Waals surface area (Å²) in [5.74, 6) is 0. The molecule has 0 saturated heterocycles. The summed E-state index contributed by atoms with van der Waals surface area (Å²) in [7, 11) is 20.1. The maximum absolute atomic E-state index is 5.04. The van der Waals surface area contributed by atoms with E-state index in [1.54, 1.807) is 0 Å². The van der Waals surface area contributed by atoms with Gasteiger partial charge in [0.2, 0.25) is 0 Å². The van der Waals surface area contributed by atoms with Crippen molar-refractivity contribution in [2.24, 2.45) is 0 Å². The van der Waals surface area contributed by atoms with E-state index in [2.05, 4.69) is 0 Å². The SMILES string of the molecule is O.O.O.O.[Cl][Sn]([Cl])([Cl])[Cl]. The van der Waals surface area contributed by atoms with Crippen molar-refractivity contribution in [3.63, 3.8) is 0 Å². The van der Waals surface area contributed by atoms with Crippen molar-refractivity contribution < 1.29 is 21.9 Å². The molecule has 0 aliphatic carbocycles. The summed E-state index contributed by atoms with van der Waals surface area (Å²) in [5, 5.41) is 0. The molecule has 0 aromatic rings. The molecule has 9 heavy (non-hydrogen) atoms. The molecule has 4 nitrogen and oxygen atoms in total. The first-order valence-electron chi connectivity index (χ1n) is 0.756. The molecule has 0 spiro atoms. The van der Waals surface area contributed by atoms with Crippen molar-refractivity contribution >= 4 is 49.6 Å². The Morgan fingerprint density at radius 2 is 0.556 bits per heavy atom. The van der Waals surface area contributed by atoms with Crippen molar-refractivity contribution in [3.8, 4) is 0 Å². The molecule has 8 N–H and O–H groups in total. The summed E-state index contributed by atoms with van der Waals surface area (Å²) in [6.07, 6.45) is 0. The van der Waals surface area contributed by atoms with Gasteiger partial charge in [0, 0.05) is 0 Å². The Kier molecular flexibility index (Phi) is 42.7. The Hall–Kier alpha value is 1.80. The zero-order chi connectivity index (χ0) is 4.50. The van der Waals surface area contributed by atoms with Gasteiger partial charge in [0.15, 0.2) is 0 Å². The standard InChI is InChI=1S/4ClH.4H2O.Sn/h4*1H;4*1H2;/q;;;;;;;;+4/p-4. The molecular formula is H8Cl4O4Sn. The van der Waals surface area contributed by atoms with Crippen LogP contribution in [0.15, 0.2) is 0 Å². The molecule has 0 saturated carbocycles. The van der Waals surface area contributed by atoms with Crippen LogP contribution in [0, 0.1) is 0 Å². The predicted molar refractivity (Wildman–Crippen MR) is 43.6 cm³/mol. The van der Waals surface area contributed by atoms with Crippen LogP contribution < -0.4 is 0 Å². The van der Waals surface area contributed by atoms with E-state index in [-0.39, 0.29) is 21.9 Å². The van der Waals surface area contributed by atoms with Crippen molar-refractivity contribution in [3.05, 3.63) is 0 Å². The first kappa shape index (κ1) is 30.8. The molecule has 0 aromatic heterocycles. The zero-order valence-corrected chi connectivity index (χ0v) is 9.89. The van der Waals surface area contributed by atoms with E-state index in [0.29, 0.717) is 0 Å². The molecule has 0 atom stereocenters. The van der Waals surface area contributed by atoms with Gasteiger partial charge in [-0.15, -0.1) is 0 Å². The van der Waals surface area contributed by atoms with E-state index in [9.17, 15) is 0 Å². The third-order valence-electron chi connectivity index (χ3n) is 0. The number of halogens is 4. The van der Waals surface area contributed by atoms with Crippen LogP contribution in [0.1, 0.15) is 0 Å². The van der Waals surface area contributed by atoms with Crippen molar-refractivity contribution in [1.29, 1.82) is 0 Å². The molecule has 0 radical (unpaired) electrons. The average molecular weight is 333 g/mol. The average Bonchev–Trinajstić information content (AvgIpc) is 0.722. The van der Waals surface area contributed by atoms with E-state index in [0.717, 1.165) is 0 Å². The zero-order valence-electron chi connectivity index (χ0n) is 4.01. The van der Waals surface area contributed by atoms with Crippen molar-refractivity contribution in [2.75, 3.05) is 0 Å². The quantitative estimate of drug-likeness (QED) is 0.509. The molecule has 0 rings (SSSR count). The molecule has 0 aromatic carbocycles. The van der Waals surface area contributed by atoms with E-state index in [1.165, 1.54) is 0 Å². The van der Waals surface area contributed by atoms with Crippen LogP contribution in [-0.2, 0) is 0 Å². The van der Waals surface area contributed by atoms with Crippen LogP contribution in [0.3, 0.4) is 0 Å². The summed E-state index contributed by atoms with van der Waals surface area (Å²) in [4.78, 5) is 0. The normalized spacial score (nSPS) is 6.67. The van der Waals surface area contributed by atoms with Gasteiger partial charge in [-0.25, -0.2) is 0 Å². The third kappa shape index (κ3) is 184. The fraction of sp³-hybridized carbons (Fsp3) is 0. The molecule has 9 heteroatoms. The second-order valence-electron chi connectivity index (χ2n) is 0.429. The molecule has 0 fully saturated rings. The molecule has 0 aliphatic heterocycles. The second-order valence-corrected chi connectivity index (χ2v) is 25.9. The maximum atomic E-state index is 5.04. The Morgan fingerprint density at radius 1 is 0.556 bits per heavy atom. The van der Waals surface area contributed by atoms with Gasteiger partial charge < -0.3 is 21.9 Å². The summed E-state index contributed by atoms with van der Waals surface area (Å²) in [6, 6.07) is 0. The van der Waals surface area contributed by atoms with Gasteiger partial charge in [0.1, 0.15) is 0 Å². The number of rotatable bonds is 0. The van der Waals surface area contributed by atoms with Gasteiger partial charge in [0.05, 0.1) is 0 Å². The van der Waals surface area contributed by atoms with E-state index < -0.39 is 13.9 Å². The molecule has 0 unspecified atom stereocenters. The van der Waals surface area contributed by atoms with Crippen LogP contribution in [0.2, 0.25) is 0 Å². The van der Waals surface area contributed by atoms with Gasteiger partial charge in [0.25, 0.3) is 0 Å². The first-order valence-corrected chi connectivity index (χ1v) is 15.2. The van der Waals surface area contributed by atoms with Crippen LogP contribution in [0.25, 0.3) is 0 Å². The van der Waals surface area contributed by atoms with E-state index in [1.807, 2.05) is 0 Å². The first-order chi connectivity index (χ1) is 2.00. The van der Waals surface area contributed by atoms with E-state index >= 15 is 0 Å². The summed E-state index contributed by atoms with van der Waals surface area (Å²) >= 11 is -3.29. The fourth-order valence-electron chi connectivity index (χ4n) is 0. The van der Waals surface area contributed by atoms with Crippen LogP contribution in [-0.4, -0.2) is 35.8 Å². The summed E-state index contributed by atoms with van der Waals surface area (Å²) < 4.78 is 0. The third-order valence-corrected chi connectivity index (χ3v) is 0. The molecule has 0 amide bonds. The summed E-state index contributed by atoms with van der Waals surface area (Å²) in [5.41, 5.74) is 0. The van der Waals surface area contributed by atoms with Gasteiger partial charge in [-0.1, -0.05) is 0 Å². The van der Waals surface area contributed by atoms with Gasteiger partial charge in [-0.05, 0) is 0 Å². The Labute approximate surface area is 71.0 Å². The van der Waals surface area contributed by atoms with Crippen molar-refractivity contribution in [2.45, 2.75) is 0 Å². The monoisotopic (exact) mass is 332 g/mol. The fourth-order valence-corrected chi connectivity index (χ4v) is 0. The van der Waals surface area contributed by atoms with Crippen LogP contribution in [0.5, 0.6) is 0 Å². The van der Waals surface area contributed by atoms with Crippen molar-refractivity contribution in [1.82, 2.24) is 0 Å². The Balaban J connectivity index is -0.0000000133. The van der Waals surface area contributed by atoms with E-state index in [4.69, 9.17) is 35.7 Å². The predicted octanol–water partition coefficient (Wildman–Crippen LogP) is -0.922. The minimum absolute atomic E-state index is 0. The molecule has 64 valence electrons. The topological polar surface area (TPSA) is 126 Å². The van der Waals surface area contributed by atoms with Gasteiger partial charge >= 0.3 is 49.6 Å². The molecular weight excluding hydrogens is 325 g/mol. The Bertz CT molecular complexity index is 28.0. The number of hydrogen-bond acceptors (Lipinski definition) is 0. The number of hydrogen-bond donors (Lipinski definition) is 0.